The van der Waals surface area contributed by atoms with Gasteiger partial charge < -0.3 is 10.1 Å². The molecule has 0 saturated heterocycles. The minimum absolute atomic E-state index is 0.225. The maximum absolute atomic E-state index is 12.2. The molecule has 0 saturated carbocycles. The molecular weight excluding hydrogens is 276 g/mol. The van der Waals surface area contributed by atoms with Crippen LogP contribution in [0.15, 0.2) is 79.1 Å². The SMILES string of the molecule is O=C(Nc1ccccc1)c1cncc(Oc2ccccc2)c1. The Morgan fingerprint density at radius 2 is 1.55 bits per heavy atom. The fourth-order valence-corrected chi connectivity index (χ4v) is 1.95. The molecule has 0 aliphatic rings. The van der Waals surface area contributed by atoms with E-state index in [0.717, 1.165) is 5.69 Å². The normalized spacial score (nSPS) is 10.0. The van der Waals surface area contributed by atoms with Gasteiger partial charge in [-0.15, -0.1) is 0 Å². The molecule has 3 rings (SSSR count). The molecule has 0 aliphatic heterocycles. The van der Waals surface area contributed by atoms with Crippen LogP contribution in [0.4, 0.5) is 5.69 Å². The summed E-state index contributed by atoms with van der Waals surface area (Å²) in [5, 5.41) is 2.81. The summed E-state index contributed by atoms with van der Waals surface area (Å²) in [5.41, 5.74) is 1.18. The molecule has 4 heteroatoms. The standard InChI is InChI=1S/C18H14N2O2/c21-18(20-15-7-3-1-4-8-15)14-11-17(13-19-12-14)22-16-9-5-2-6-10-16/h1-13H,(H,20,21). The Morgan fingerprint density at radius 1 is 0.864 bits per heavy atom. The van der Waals surface area contributed by atoms with Crippen molar-refractivity contribution in [3.8, 4) is 11.5 Å². The van der Waals surface area contributed by atoms with Crippen LogP contribution in [0.2, 0.25) is 0 Å². The zero-order chi connectivity index (χ0) is 15.2. The lowest BCUT2D eigenvalue weighted by Crippen LogP contribution is -2.12. The van der Waals surface area contributed by atoms with Crippen molar-refractivity contribution in [1.82, 2.24) is 4.98 Å². The number of hydrogen-bond acceptors (Lipinski definition) is 3. The van der Waals surface area contributed by atoms with E-state index in [2.05, 4.69) is 10.3 Å². The molecule has 3 aromatic rings. The monoisotopic (exact) mass is 290 g/mol. The van der Waals surface area contributed by atoms with Gasteiger partial charge in [0.05, 0.1) is 11.8 Å². The van der Waals surface area contributed by atoms with Crippen molar-refractivity contribution >= 4 is 11.6 Å². The topological polar surface area (TPSA) is 51.2 Å². The lowest BCUT2D eigenvalue weighted by atomic mass is 10.2. The van der Waals surface area contributed by atoms with Gasteiger partial charge in [-0.1, -0.05) is 36.4 Å². The van der Waals surface area contributed by atoms with E-state index in [-0.39, 0.29) is 5.91 Å². The number of nitrogens with one attached hydrogen (secondary N) is 1. The molecule has 0 atom stereocenters. The summed E-state index contributed by atoms with van der Waals surface area (Å²) in [6.07, 6.45) is 3.09. The number of aromatic nitrogens is 1. The van der Waals surface area contributed by atoms with E-state index < -0.39 is 0 Å². The van der Waals surface area contributed by atoms with Crippen LogP contribution in [0.5, 0.6) is 11.5 Å². The van der Waals surface area contributed by atoms with Crippen molar-refractivity contribution in [3.63, 3.8) is 0 Å². The molecule has 0 radical (unpaired) electrons. The molecule has 0 bridgehead atoms. The molecule has 0 spiro atoms. The molecular formula is C18H14N2O2. The Kier molecular flexibility index (Phi) is 4.11. The van der Waals surface area contributed by atoms with Crippen LogP contribution in [-0.2, 0) is 0 Å². The van der Waals surface area contributed by atoms with E-state index in [4.69, 9.17) is 4.74 Å². The molecule has 1 amide bonds. The Hall–Kier alpha value is -3.14. The lowest BCUT2D eigenvalue weighted by molar-refractivity contribution is 0.102. The number of carbonyl (C=O) groups is 1. The maximum Gasteiger partial charge on any atom is 0.257 e. The van der Waals surface area contributed by atoms with Crippen molar-refractivity contribution in [3.05, 3.63) is 84.7 Å². The second kappa shape index (κ2) is 6.54. The molecule has 2 aromatic carbocycles. The molecule has 0 fully saturated rings. The fourth-order valence-electron chi connectivity index (χ4n) is 1.95. The van der Waals surface area contributed by atoms with Gasteiger partial charge in [-0.3, -0.25) is 9.78 Å². The minimum Gasteiger partial charge on any atom is -0.456 e. The molecule has 1 aromatic heterocycles. The number of pyridine rings is 1. The fraction of sp³-hybridized carbons (Fsp3) is 0. The minimum atomic E-state index is -0.225. The highest BCUT2D eigenvalue weighted by atomic mass is 16.5. The average molecular weight is 290 g/mol. The van der Waals surface area contributed by atoms with E-state index in [9.17, 15) is 4.79 Å². The van der Waals surface area contributed by atoms with Crippen LogP contribution in [0.1, 0.15) is 10.4 Å². The largest absolute Gasteiger partial charge is 0.456 e. The first-order chi connectivity index (χ1) is 10.8. The lowest BCUT2D eigenvalue weighted by Gasteiger charge is -2.08. The predicted octanol–water partition coefficient (Wildman–Crippen LogP) is 4.13. The van der Waals surface area contributed by atoms with Crippen LogP contribution < -0.4 is 10.1 Å². The summed E-state index contributed by atoms with van der Waals surface area (Å²) in [6, 6.07) is 20.3. The van der Waals surface area contributed by atoms with Gasteiger partial charge in [0, 0.05) is 11.9 Å². The molecule has 0 aliphatic carbocycles. The number of anilines is 1. The van der Waals surface area contributed by atoms with Gasteiger partial charge in [-0.2, -0.15) is 0 Å². The number of ether oxygens (including phenoxy) is 1. The third kappa shape index (κ3) is 3.49. The van der Waals surface area contributed by atoms with E-state index in [0.29, 0.717) is 17.1 Å². The first kappa shape index (κ1) is 13.8. The summed E-state index contributed by atoms with van der Waals surface area (Å²) >= 11 is 0. The van der Waals surface area contributed by atoms with Gasteiger partial charge in [-0.25, -0.2) is 0 Å². The Balaban J connectivity index is 1.75. The summed E-state index contributed by atoms with van der Waals surface area (Å²) in [6.45, 7) is 0. The van der Waals surface area contributed by atoms with Crippen LogP contribution in [0.25, 0.3) is 0 Å². The van der Waals surface area contributed by atoms with Crippen molar-refractivity contribution in [2.75, 3.05) is 5.32 Å². The number of amides is 1. The Labute approximate surface area is 128 Å². The van der Waals surface area contributed by atoms with Crippen LogP contribution >= 0.6 is 0 Å². The summed E-state index contributed by atoms with van der Waals surface area (Å²) < 4.78 is 5.68. The van der Waals surface area contributed by atoms with Gasteiger partial charge in [0.2, 0.25) is 0 Å². The van der Waals surface area contributed by atoms with Crippen LogP contribution in [0, 0.1) is 0 Å². The second-order valence-electron chi connectivity index (χ2n) is 4.64. The highest BCUT2D eigenvalue weighted by molar-refractivity contribution is 6.04. The van der Waals surface area contributed by atoms with Gasteiger partial charge >= 0.3 is 0 Å². The number of benzene rings is 2. The molecule has 4 nitrogen and oxygen atoms in total. The number of carbonyl (C=O) groups excluding carboxylic acids is 1. The van der Waals surface area contributed by atoms with Crippen molar-refractivity contribution in [2.45, 2.75) is 0 Å². The number of hydrogen-bond donors (Lipinski definition) is 1. The highest BCUT2D eigenvalue weighted by Crippen LogP contribution is 2.21. The first-order valence-corrected chi connectivity index (χ1v) is 6.85. The van der Waals surface area contributed by atoms with Crippen LogP contribution in [0.3, 0.4) is 0 Å². The van der Waals surface area contributed by atoms with E-state index >= 15 is 0 Å². The predicted molar refractivity (Wildman–Crippen MR) is 85.1 cm³/mol. The smallest absolute Gasteiger partial charge is 0.257 e. The van der Waals surface area contributed by atoms with Gasteiger partial charge in [0.15, 0.2) is 0 Å². The van der Waals surface area contributed by atoms with Crippen molar-refractivity contribution in [1.29, 1.82) is 0 Å². The van der Waals surface area contributed by atoms with E-state index in [1.165, 1.54) is 6.20 Å². The van der Waals surface area contributed by atoms with Crippen molar-refractivity contribution in [2.24, 2.45) is 0 Å². The molecule has 0 unspecified atom stereocenters. The van der Waals surface area contributed by atoms with Gasteiger partial charge in [-0.05, 0) is 30.3 Å². The maximum atomic E-state index is 12.2. The number of para-hydroxylation sites is 2. The molecule has 1 heterocycles. The van der Waals surface area contributed by atoms with Crippen molar-refractivity contribution < 1.29 is 9.53 Å². The summed E-state index contributed by atoms with van der Waals surface area (Å²) in [5.74, 6) is 0.994. The molecule has 1 N–H and O–H groups in total. The number of nitrogens with zero attached hydrogens (tertiary/aromatic N) is 1. The van der Waals surface area contributed by atoms with Gasteiger partial charge in [0.1, 0.15) is 11.5 Å². The second-order valence-corrected chi connectivity index (χ2v) is 4.64. The summed E-state index contributed by atoms with van der Waals surface area (Å²) in [4.78, 5) is 16.3. The quantitative estimate of drug-likeness (QED) is 0.786. The van der Waals surface area contributed by atoms with E-state index in [1.807, 2.05) is 60.7 Å². The van der Waals surface area contributed by atoms with Gasteiger partial charge in [0.25, 0.3) is 5.91 Å². The van der Waals surface area contributed by atoms with E-state index in [1.54, 1.807) is 12.3 Å². The Bertz CT molecular complexity index is 758. The highest BCUT2D eigenvalue weighted by Gasteiger charge is 2.08. The Morgan fingerprint density at radius 3 is 2.27 bits per heavy atom. The number of rotatable bonds is 4. The van der Waals surface area contributed by atoms with Crippen LogP contribution in [-0.4, -0.2) is 10.9 Å². The molecule has 108 valence electrons. The summed E-state index contributed by atoms with van der Waals surface area (Å²) in [7, 11) is 0. The zero-order valence-corrected chi connectivity index (χ0v) is 11.8. The molecule has 22 heavy (non-hydrogen) atoms. The zero-order valence-electron chi connectivity index (χ0n) is 11.8. The third-order valence-corrected chi connectivity index (χ3v) is 2.99. The first-order valence-electron chi connectivity index (χ1n) is 6.85. The third-order valence-electron chi connectivity index (χ3n) is 2.99. The average Bonchev–Trinajstić information content (AvgIpc) is 2.57.